The number of allylic oxidation sites excluding steroid dienone is 1. The van der Waals surface area contributed by atoms with Crippen LogP contribution in [0.4, 0.5) is 0 Å². The van der Waals surface area contributed by atoms with Crippen LogP contribution in [0.5, 0.6) is 0 Å². The van der Waals surface area contributed by atoms with Crippen LogP contribution in [0, 0.1) is 6.92 Å². The summed E-state index contributed by atoms with van der Waals surface area (Å²) in [7, 11) is 2.05. The molecule has 1 heteroatoms. The molecule has 1 N–H and O–H groups in total. The number of hydrogen-bond acceptors (Lipinski definition) is 1. The lowest BCUT2D eigenvalue weighted by atomic mass is 9.99. The van der Waals surface area contributed by atoms with Gasteiger partial charge in [-0.2, -0.15) is 0 Å². The Labute approximate surface area is 106 Å². The van der Waals surface area contributed by atoms with Crippen molar-refractivity contribution in [1.82, 2.24) is 5.32 Å². The van der Waals surface area contributed by atoms with E-state index in [1.165, 1.54) is 36.8 Å². The number of hydrogen-bond donors (Lipinski definition) is 1. The molecular formula is C16H25N. The van der Waals surface area contributed by atoms with Gasteiger partial charge in [-0.3, -0.25) is 0 Å². The summed E-state index contributed by atoms with van der Waals surface area (Å²) < 4.78 is 0. The van der Waals surface area contributed by atoms with E-state index < -0.39 is 0 Å². The van der Waals surface area contributed by atoms with Gasteiger partial charge in [-0.25, -0.2) is 0 Å². The molecular weight excluding hydrogens is 206 g/mol. The monoisotopic (exact) mass is 231 g/mol. The highest BCUT2D eigenvalue weighted by Gasteiger charge is 2.08. The first-order valence-electron chi connectivity index (χ1n) is 6.62. The van der Waals surface area contributed by atoms with E-state index in [0.717, 1.165) is 6.42 Å². The normalized spacial score (nSPS) is 12.4. The van der Waals surface area contributed by atoms with Crippen molar-refractivity contribution in [1.29, 1.82) is 0 Å². The smallest absolute Gasteiger partial charge is 0.0317 e. The molecule has 0 aliphatic heterocycles. The minimum Gasteiger partial charge on any atom is -0.313 e. The molecule has 0 aliphatic rings. The molecule has 0 fully saturated rings. The molecule has 1 rings (SSSR count). The van der Waals surface area contributed by atoms with Crippen molar-refractivity contribution in [2.75, 3.05) is 7.05 Å². The molecule has 0 radical (unpaired) electrons. The fraction of sp³-hybridized carbons (Fsp3) is 0.500. The van der Waals surface area contributed by atoms with E-state index in [0.29, 0.717) is 6.04 Å². The van der Waals surface area contributed by atoms with Gasteiger partial charge in [0.15, 0.2) is 0 Å². The van der Waals surface area contributed by atoms with Gasteiger partial charge in [-0.1, -0.05) is 48.7 Å². The molecule has 1 aromatic rings. The van der Waals surface area contributed by atoms with Crippen molar-refractivity contribution >= 4 is 0 Å². The Hall–Kier alpha value is -1.08. The zero-order valence-electron chi connectivity index (χ0n) is 11.2. The third-order valence-electron chi connectivity index (χ3n) is 3.19. The minimum atomic E-state index is 0.499. The van der Waals surface area contributed by atoms with Crippen molar-refractivity contribution in [2.45, 2.75) is 45.1 Å². The van der Waals surface area contributed by atoms with Gasteiger partial charge in [0.2, 0.25) is 0 Å². The second-order valence-electron chi connectivity index (χ2n) is 4.68. The largest absolute Gasteiger partial charge is 0.313 e. The molecule has 0 saturated carbocycles. The first-order valence-corrected chi connectivity index (χ1v) is 6.62. The first-order chi connectivity index (χ1) is 8.27. The van der Waals surface area contributed by atoms with Crippen molar-refractivity contribution in [3.05, 3.63) is 48.0 Å². The Balaban J connectivity index is 2.40. The van der Waals surface area contributed by atoms with Crippen LogP contribution in [-0.4, -0.2) is 7.05 Å². The summed E-state index contributed by atoms with van der Waals surface area (Å²) in [6.07, 6.45) is 8.24. The molecule has 17 heavy (non-hydrogen) atoms. The molecule has 0 bridgehead atoms. The lowest BCUT2D eigenvalue weighted by Gasteiger charge is -2.17. The predicted molar refractivity (Wildman–Crippen MR) is 76.3 cm³/mol. The summed E-state index contributed by atoms with van der Waals surface area (Å²) in [4.78, 5) is 0. The summed E-state index contributed by atoms with van der Waals surface area (Å²) in [5.74, 6) is 0. The van der Waals surface area contributed by atoms with Gasteiger partial charge in [0.1, 0.15) is 0 Å². The molecule has 1 unspecified atom stereocenters. The van der Waals surface area contributed by atoms with E-state index in [-0.39, 0.29) is 0 Å². The molecule has 1 nitrogen and oxygen atoms in total. The summed E-state index contributed by atoms with van der Waals surface area (Å²) in [5.41, 5.74) is 2.76. The molecule has 1 atom stereocenters. The van der Waals surface area contributed by atoms with Crippen LogP contribution in [0.25, 0.3) is 0 Å². The van der Waals surface area contributed by atoms with Crippen LogP contribution in [0.2, 0.25) is 0 Å². The highest BCUT2D eigenvalue weighted by atomic mass is 14.9. The minimum absolute atomic E-state index is 0.499. The molecule has 0 heterocycles. The van der Waals surface area contributed by atoms with Gasteiger partial charge in [0, 0.05) is 6.04 Å². The van der Waals surface area contributed by atoms with E-state index >= 15 is 0 Å². The van der Waals surface area contributed by atoms with Crippen molar-refractivity contribution in [2.24, 2.45) is 0 Å². The lowest BCUT2D eigenvalue weighted by molar-refractivity contribution is 0.508. The van der Waals surface area contributed by atoms with E-state index in [1.807, 2.05) is 6.08 Å². The molecule has 94 valence electrons. The van der Waals surface area contributed by atoms with E-state index in [1.54, 1.807) is 0 Å². The number of benzene rings is 1. The fourth-order valence-electron chi connectivity index (χ4n) is 2.18. The highest BCUT2D eigenvalue weighted by Crippen LogP contribution is 2.20. The average molecular weight is 231 g/mol. The molecule has 0 amide bonds. The third-order valence-corrected chi connectivity index (χ3v) is 3.19. The average Bonchev–Trinajstić information content (AvgIpc) is 2.34. The summed E-state index contributed by atoms with van der Waals surface area (Å²) in [5, 5.41) is 3.42. The molecule has 0 aliphatic carbocycles. The maximum Gasteiger partial charge on any atom is 0.0317 e. The first kappa shape index (κ1) is 14.0. The maximum atomic E-state index is 3.75. The number of nitrogens with one attached hydrogen (secondary N) is 1. The standard InChI is InChI=1S/C16H25N/c1-4-5-6-7-8-12-16(17-3)15-11-9-10-14(2)13-15/h4,9-11,13,16-17H,1,5-8,12H2,2-3H3. The molecule has 1 aromatic carbocycles. The zero-order valence-corrected chi connectivity index (χ0v) is 11.2. The third kappa shape index (κ3) is 5.18. The van der Waals surface area contributed by atoms with Crippen LogP contribution < -0.4 is 5.32 Å². The number of rotatable bonds is 8. The van der Waals surface area contributed by atoms with Crippen LogP contribution >= 0.6 is 0 Å². The second-order valence-corrected chi connectivity index (χ2v) is 4.68. The summed E-state index contributed by atoms with van der Waals surface area (Å²) in [6, 6.07) is 9.30. The number of unbranched alkanes of at least 4 members (excludes halogenated alkanes) is 3. The molecule has 0 saturated heterocycles. The number of aryl methyl sites for hydroxylation is 1. The van der Waals surface area contributed by atoms with Gasteiger partial charge in [-0.15, -0.1) is 6.58 Å². The second kappa shape index (κ2) is 8.08. The Bertz CT molecular complexity index is 330. The topological polar surface area (TPSA) is 12.0 Å². The highest BCUT2D eigenvalue weighted by molar-refractivity contribution is 5.24. The molecule has 0 aromatic heterocycles. The van der Waals surface area contributed by atoms with Crippen molar-refractivity contribution < 1.29 is 0 Å². The molecule has 0 spiro atoms. The van der Waals surface area contributed by atoms with Gasteiger partial charge in [0.25, 0.3) is 0 Å². The zero-order chi connectivity index (χ0) is 12.5. The Morgan fingerprint density at radius 3 is 2.76 bits per heavy atom. The van der Waals surface area contributed by atoms with E-state index in [4.69, 9.17) is 0 Å². The van der Waals surface area contributed by atoms with Gasteiger partial charge in [0.05, 0.1) is 0 Å². The Morgan fingerprint density at radius 1 is 1.29 bits per heavy atom. The van der Waals surface area contributed by atoms with Crippen molar-refractivity contribution in [3.8, 4) is 0 Å². The van der Waals surface area contributed by atoms with Crippen LogP contribution in [0.1, 0.15) is 49.3 Å². The Kier molecular flexibility index (Phi) is 6.64. The predicted octanol–water partition coefficient (Wildman–Crippen LogP) is 4.39. The van der Waals surface area contributed by atoms with Gasteiger partial charge in [-0.05, 0) is 38.8 Å². The van der Waals surface area contributed by atoms with Crippen LogP contribution in [0.15, 0.2) is 36.9 Å². The maximum absolute atomic E-state index is 3.75. The summed E-state index contributed by atoms with van der Waals surface area (Å²) in [6.45, 7) is 5.91. The quantitative estimate of drug-likeness (QED) is 0.517. The summed E-state index contributed by atoms with van der Waals surface area (Å²) >= 11 is 0. The SMILES string of the molecule is C=CCCCCCC(NC)c1cccc(C)c1. The van der Waals surface area contributed by atoms with Gasteiger partial charge < -0.3 is 5.32 Å². The Morgan fingerprint density at radius 2 is 2.12 bits per heavy atom. The van der Waals surface area contributed by atoms with Crippen molar-refractivity contribution in [3.63, 3.8) is 0 Å². The lowest BCUT2D eigenvalue weighted by Crippen LogP contribution is -2.16. The van der Waals surface area contributed by atoms with Gasteiger partial charge >= 0.3 is 0 Å². The van der Waals surface area contributed by atoms with E-state index in [9.17, 15) is 0 Å². The van der Waals surface area contributed by atoms with Crippen LogP contribution in [0.3, 0.4) is 0 Å². The van der Waals surface area contributed by atoms with E-state index in [2.05, 4.69) is 50.1 Å². The van der Waals surface area contributed by atoms with Crippen LogP contribution in [-0.2, 0) is 0 Å². The fourth-order valence-corrected chi connectivity index (χ4v) is 2.18.